The summed E-state index contributed by atoms with van der Waals surface area (Å²) >= 11 is 17.4. The molecule has 0 aliphatic rings. The molecule has 0 saturated heterocycles. The first-order valence-corrected chi connectivity index (χ1v) is 11.0. The first-order valence-electron chi connectivity index (χ1n) is 9.88. The number of fused-ring (bicyclic) bond motifs is 1. The van der Waals surface area contributed by atoms with Gasteiger partial charge in [-0.3, -0.25) is 10.1 Å². The quantitative estimate of drug-likeness (QED) is 0.363. The minimum Gasteiger partial charge on any atom is -0.332 e. The van der Waals surface area contributed by atoms with Crippen LogP contribution >= 0.6 is 35.4 Å². The summed E-state index contributed by atoms with van der Waals surface area (Å²) in [7, 11) is 0. The number of carbonyl (C=O) groups is 1. The molecule has 0 unspecified atom stereocenters. The van der Waals surface area contributed by atoms with Crippen molar-refractivity contribution in [1.29, 1.82) is 0 Å². The maximum Gasteiger partial charge on any atom is 0.258 e. The summed E-state index contributed by atoms with van der Waals surface area (Å²) in [5.74, 6) is -0.449. The molecule has 4 rings (SSSR count). The van der Waals surface area contributed by atoms with Crippen molar-refractivity contribution in [2.45, 2.75) is 20.3 Å². The molecule has 2 N–H and O–H groups in total. The number of nitrogens with zero attached hydrogens (tertiary/aromatic N) is 3. The molecule has 0 fully saturated rings. The van der Waals surface area contributed by atoms with Gasteiger partial charge in [-0.25, -0.2) is 0 Å². The Kier molecular flexibility index (Phi) is 6.41. The maximum atomic E-state index is 12.5. The van der Waals surface area contributed by atoms with E-state index in [4.69, 9.17) is 35.4 Å². The van der Waals surface area contributed by atoms with E-state index in [0.717, 1.165) is 23.2 Å². The number of anilines is 1. The van der Waals surface area contributed by atoms with E-state index in [-0.39, 0.29) is 15.7 Å². The molecule has 0 aliphatic carbocycles. The lowest BCUT2D eigenvalue weighted by Crippen LogP contribution is -2.34. The molecule has 9 heteroatoms. The van der Waals surface area contributed by atoms with E-state index in [1.54, 1.807) is 16.9 Å². The SMILES string of the molecule is CCc1ccc(-n2nc3cc(C)c(NC(=S)NC(=O)c4cc(Cl)ccc4Cl)cc3n2)cc1. The van der Waals surface area contributed by atoms with Crippen LogP contribution < -0.4 is 10.6 Å². The average molecular weight is 484 g/mol. The van der Waals surface area contributed by atoms with Gasteiger partial charge in [-0.15, -0.1) is 10.2 Å². The first-order chi connectivity index (χ1) is 15.3. The second kappa shape index (κ2) is 9.24. The molecule has 0 spiro atoms. The predicted molar refractivity (Wildman–Crippen MR) is 133 cm³/mol. The second-order valence-electron chi connectivity index (χ2n) is 7.20. The fourth-order valence-corrected chi connectivity index (χ4v) is 3.76. The number of aromatic nitrogens is 3. The molecule has 1 amide bonds. The summed E-state index contributed by atoms with van der Waals surface area (Å²) in [5.41, 5.74) is 5.45. The van der Waals surface area contributed by atoms with Gasteiger partial charge in [0, 0.05) is 10.7 Å². The number of amides is 1. The number of aryl methyl sites for hydroxylation is 2. The van der Waals surface area contributed by atoms with E-state index in [9.17, 15) is 4.79 Å². The Morgan fingerprint density at radius 1 is 1.03 bits per heavy atom. The third-order valence-corrected chi connectivity index (χ3v) is 5.72. The monoisotopic (exact) mass is 483 g/mol. The first kappa shape index (κ1) is 22.2. The third-order valence-electron chi connectivity index (χ3n) is 4.95. The van der Waals surface area contributed by atoms with Gasteiger partial charge in [-0.1, -0.05) is 42.3 Å². The van der Waals surface area contributed by atoms with Gasteiger partial charge >= 0.3 is 0 Å². The van der Waals surface area contributed by atoms with Crippen LogP contribution in [0.4, 0.5) is 5.69 Å². The van der Waals surface area contributed by atoms with Crippen molar-refractivity contribution in [1.82, 2.24) is 20.3 Å². The molecule has 4 aromatic rings. The molecule has 0 radical (unpaired) electrons. The Morgan fingerprint density at radius 3 is 2.41 bits per heavy atom. The molecular formula is C23H19Cl2N5OS. The van der Waals surface area contributed by atoms with Gasteiger partial charge in [0.15, 0.2) is 5.11 Å². The van der Waals surface area contributed by atoms with Crippen LogP contribution in [0, 0.1) is 6.92 Å². The Bertz CT molecular complexity index is 1330. The van der Waals surface area contributed by atoms with Crippen molar-refractivity contribution < 1.29 is 4.79 Å². The Balaban J connectivity index is 1.53. The highest BCUT2D eigenvalue weighted by molar-refractivity contribution is 7.80. The van der Waals surface area contributed by atoms with E-state index < -0.39 is 5.91 Å². The zero-order chi connectivity index (χ0) is 22.8. The van der Waals surface area contributed by atoms with Crippen molar-refractivity contribution in [2.75, 3.05) is 5.32 Å². The van der Waals surface area contributed by atoms with Crippen molar-refractivity contribution >= 4 is 63.2 Å². The third kappa shape index (κ3) is 4.75. The molecule has 0 saturated carbocycles. The normalized spacial score (nSPS) is 10.9. The van der Waals surface area contributed by atoms with Gasteiger partial charge in [0.2, 0.25) is 0 Å². The van der Waals surface area contributed by atoms with Crippen LogP contribution in [0.5, 0.6) is 0 Å². The number of nitrogens with one attached hydrogen (secondary N) is 2. The van der Waals surface area contributed by atoms with E-state index in [1.807, 2.05) is 31.2 Å². The van der Waals surface area contributed by atoms with Gasteiger partial charge in [-0.2, -0.15) is 4.80 Å². The van der Waals surface area contributed by atoms with E-state index in [1.165, 1.54) is 11.6 Å². The van der Waals surface area contributed by atoms with Crippen molar-refractivity contribution in [2.24, 2.45) is 0 Å². The highest BCUT2D eigenvalue weighted by Crippen LogP contribution is 2.23. The number of benzene rings is 3. The van der Waals surface area contributed by atoms with Crippen LogP contribution in [0.2, 0.25) is 10.0 Å². The lowest BCUT2D eigenvalue weighted by atomic mass is 10.2. The molecule has 0 bridgehead atoms. The average Bonchev–Trinajstić information content (AvgIpc) is 3.18. The van der Waals surface area contributed by atoms with Crippen LogP contribution in [0.25, 0.3) is 16.7 Å². The van der Waals surface area contributed by atoms with Crippen LogP contribution in [-0.4, -0.2) is 26.0 Å². The van der Waals surface area contributed by atoms with Crippen LogP contribution in [0.1, 0.15) is 28.4 Å². The van der Waals surface area contributed by atoms with E-state index in [0.29, 0.717) is 16.2 Å². The molecule has 0 aliphatic heterocycles. The summed E-state index contributed by atoms with van der Waals surface area (Å²) in [6.45, 7) is 4.04. The number of carbonyl (C=O) groups excluding carboxylic acids is 1. The number of thiocarbonyl (C=S) groups is 1. The Labute approximate surface area is 200 Å². The van der Waals surface area contributed by atoms with Gasteiger partial charge in [0.1, 0.15) is 11.0 Å². The zero-order valence-electron chi connectivity index (χ0n) is 17.3. The van der Waals surface area contributed by atoms with E-state index >= 15 is 0 Å². The van der Waals surface area contributed by atoms with Crippen LogP contribution in [0.3, 0.4) is 0 Å². The number of hydrogen-bond donors (Lipinski definition) is 2. The molecule has 32 heavy (non-hydrogen) atoms. The highest BCUT2D eigenvalue weighted by atomic mass is 35.5. The topological polar surface area (TPSA) is 71.8 Å². The fourth-order valence-electron chi connectivity index (χ4n) is 3.18. The standard InChI is InChI=1S/C23H19Cl2N5OS/c1-3-14-4-7-16(8-5-14)30-28-20-10-13(2)19(12-21(20)29-30)26-23(32)27-22(31)17-11-15(24)6-9-18(17)25/h4-12H,3H2,1-2H3,(H2,26,27,31,32). The number of halogens is 2. The minimum absolute atomic E-state index is 0.135. The zero-order valence-corrected chi connectivity index (χ0v) is 19.6. The van der Waals surface area contributed by atoms with Gasteiger partial charge in [0.25, 0.3) is 5.91 Å². The summed E-state index contributed by atoms with van der Waals surface area (Å²) < 4.78 is 0. The number of hydrogen-bond acceptors (Lipinski definition) is 4. The number of rotatable bonds is 4. The van der Waals surface area contributed by atoms with Crippen LogP contribution in [0.15, 0.2) is 54.6 Å². The van der Waals surface area contributed by atoms with Crippen molar-refractivity contribution in [3.05, 3.63) is 81.3 Å². The minimum atomic E-state index is -0.449. The molecule has 162 valence electrons. The lowest BCUT2D eigenvalue weighted by molar-refractivity contribution is 0.0978. The molecule has 1 heterocycles. The summed E-state index contributed by atoms with van der Waals surface area (Å²) in [6.07, 6.45) is 0.975. The Hall–Kier alpha value is -3.00. The molecule has 6 nitrogen and oxygen atoms in total. The fraction of sp³-hybridized carbons (Fsp3) is 0.130. The van der Waals surface area contributed by atoms with Crippen molar-refractivity contribution in [3.8, 4) is 5.69 Å². The predicted octanol–water partition coefficient (Wildman–Crippen LogP) is 5.72. The summed E-state index contributed by atoms with van der Waals surface area (Å²) in [5, 5.41) is 15.7. The smallest absolute Gasteiger partial charge is 0.258 e. The Morgan fingerprint density at radius 2 is 1.72 bits per heavy atom. The van der Waals surface area contributed by atoms with Gasteiger partial charge in [-0.05, 0) is 79.2 Å². The van der Waals surface area contributed by atoms with Gasteiger partial charge < -0.3 is 5.32 Å². The molecule has 3 aromatic carbocycles. The summed E-state index contributed by atoms with van der Waals surface area (Å²) in [4.78, 5) is 14.1. The largest absolute Gasteiger partial charge is 0.332 e. The molecule has 1 aromatic heterocycles. The molecule has 0 atom stereocenters. The lowest BCUT2D eigenvalue weighted by Gasteiger charge is -2.12. The molecular weight excluding hydrogens is 465 g/mol. The highest BCUT2D eigenvalue weighted by Gasteiger charge is 2.14. The van der Waals surface area contributed by atoms with E-state index in [2.05, 4.69) is 39.9 Å². The van der Waals surface area contributed by atoms with Crippen molar-refractivity contribution in [3.63, 3.8) is 0 Å². The maximum absolute atomic E-state index is 12.5. The van der Waals surface area contributed by atoms with Gasteiger partial charge in [0.05, 0.1) is 16.3 Å². The summed E-state index contributed by atoms with van der Waals surface area (Å²) in [6, 6.07) is 16.5. The second-order valence-corrected chi connectivity index (χ2v) is 8.45. The van der Waals surface area contributed by atoms with Crippen LogP contribution in [-0.2, 0) is 6.42 Å².